The first-order chi connectivity index (χ1) is 14.7. The van der Waals surface area contributed by atoms with E-state index in [0.29, 0.717) is 10.1 Å². The van der Waals surface area contributed by atoms with Crippen LogP contribution in [-0.4, -0.2) is 34.3 Å². The van der Waals surface area contributed by atoms with Crippen LogP contribution in [0.1, 0.15) is 36.4 Å². The van der Waals surface area contributed by atoms with Gasteiger partial charge in [0, 0.05) is 29.9 Å². The molecule has 1 aromatic carbocycles. The maximum atomic E-state index is 6.34. The Morgan fingerprint density at radius 1 is 1.13 bits per heavy atom. The minimum Gasteiger partial charge on any atom is -0.459 e. The molecule has 2 aliphatic rings. The molecule has 2 fully saturated rings. The summed E-state index contributed by atoms with van der Waals surface area (Å²) in [6, 6.07) is 17.4. The van der Waals surface area contributed by atoms with Gasteiger partial charge in [-0.05, 0) is 73.6 Å². The summed E-state index contributed by atoms with van der Waals surface area (Å²) in [5, 5.41) is 4.87. The number of nitrogens with zero attached hydrogens (tertiary/aromatic N) is 2. The lowest BCUT2D eigenvalue weighted by Crippen LogP contribution is -2.36. The SMILES string of the molecule is S=C1N[C@H](c2ccccn2)[C@@H](c2ccc(-c3ccc(Cl)cc3)o2)N1C[C@@H]1CCCO1. The van der Waals surface area contributed by atoms with Crippen molar-refractivity contribution >= 4 is 28.9 Å². The number of hydrogen-bond acceptors (Lipinski definition) is 4. The highest BCUT2D eigenvalue weighted by Crippen LogP contribution is 2.41. The van der Waals surface area contributed by atoms with Gasteiger partial charge in [-0.25, -0.2) is 0 Å². The van der Waals surface area contributed by atoms with Gasteiger partial charge >= 0.3 is 0 Å². The molecular weight excluding hydrogens is 418 g/mol. The summed E-state index contributed by atoms with van der Waals surface area (Å²) in [5.74, 6) is 1.65. The van der Waals surface area contributed by atoms with E-state index < -0.39 is 0 Å². The van der Waals surface area contributed by atoms with E-state index >= 15 is 0 Å². The van der Waals surface area contributed by atoms with Gasteiger partial charge < -0.3 is 19.4 Å². The minimum absolute atomic E-state index is 0.0932. The zero-order chi connectivity index (χ0) is 20.5. The molecule has 0 bridgehead atoms. The smallest absolute Gasteiger partial charge is 0.170 e. The number of aromatic nitrogens is 1. The molecule has 5 nitrogen and oxygen atoms in total. The predicted octanol–water partition coefficient (Wildman–Crippen LogP) is 5.15. The number of furan rings is 1. The molecule has 7 heteroatoms. The third kappa shape index (κ3) is 3.83. The summed E-state index contributed by atoms with van der Waals surface area (Å²) in [6.07, 6.45) is 4.13. The van der Waals surface area contributed by atoms with Crippen LogP contribution in [0.4, 0.5) is 0 Å². The van der Waals surface area contributed by atoms with E-state index in [0.717, 1.165) is 48.8 Å². The average molecular weight is 440 g/mol. The third-order valence-electron chi connectivity index (χ3n) is 5.67. The van der Waals surface area contributed by atoms with Gasteiger partial charge in [-0.1, -0.05) is 17.7 Å². The van der Waals surface area contributed by atoms with Crippen molar-refractivity contribution in [1.82, 2.24) is 15.2 Å². The van der Waals surface area contributed by atoms with Gasteiger partial charge in [0.15, 0.2) is 5.11 Å². The van der Waals surface area contributed by atoms with Crippen molar-refractivity contribution in [3.8, 4) is 11.3 Å². The Bertz CT molecular complexity index is 1020. The van der Waals surface area contributed by atoms with Crippen molar-refractivity contribution in [3.05, 3.63) is 77.3 Å². The van der Waals surface area contributed by atoms with Crippen LogP contribution in [0.25, 0.3) is 11.3 Å². The van der Waals surface area contributed by atoms with Gasteiger partial charge in [0.1, 0.15) is 17.6 Å². The van der Waals surface area contributed by atoms with Gasteiger partial charge in [0.05, 0.1) is 17.8 Å². The summed E-state index contributed by atoms with van der Waals surface area (Å²) in [5.41, 5.74) is 1.92. The second-order valence-electron chi connectivity index (χ2n) is 7.62. The zero-order valence-electron chi connectivity index (χ0n) is 16.3. The zero-order valence-corrected chi connectivity index (χ0v) is 17.9. The lowest BCUT2D eigenvalue weighted by molar-refractivity contribution is 0.0818. The number of thiocarbonyl (C=S) groups is 1. The lowest BCUT2D eigenvalue weighted by atomic mass is 10.0. The highest BCUT2D eigenvalue weighted by molar-refractivity contribution is 7.80. The van der Waals surface area contributed by atoms with E-state index in [2.05, 4.69) is 15.2 Å². The Hall–Kier alpha value is -2.41. The number of ether oxygens (including phenoxy) is 1. The number of benzene rings is 1. The van der Waals surface area contributed by atoms with Crippen molar-refractivity contribution in [2.24, 2.45) is 0 Å². The summed E-state index contributed by atoms with van der Waals surface area (Å²) in [7, 11) is 0. The largest absolute Gasteiger partial charge is 0.459 e. The van der Waals surface area contributed by atoms with E-state index in [1.54, 1.807) is 6.20 Å². The monoisotopic (exact) mass is 439 g/mol. The number of hydrogen-bond donors (Lipinski definition) is 1. The molecule has 0 aliphatic carbocycles. The fourth-order valence-electron chi connectivity index (χ4n) is 4.20. The fourth-order valence-corrected chi connectivity index (χ4v) is 4.64. The van der Waals surface area contributed by atoms with Crippen LogP contribution >= 0.6 is 23.8 Å². The standard InChI is InChI=1S/C23H22ClN3O2S/c24-16-8-6-15(7-9-16)19-10-11-20(29-19)22-21(18-5-1-2-12-25-18)26-23(30)27(22)14-17-4-3-13-28-17/h1-2,5-12,17,21-22H,3-4,13-14H2,(H,26,30)/t17-,21+,22+/m0/s1. The molecule has 30 heavy (non-hydrogen) atoms. The van der Waals surface area contributed by atoms with Crippen molar-refractivity contribution in [2.75, 3.05) is 13.2 Å². The van der Waals surface area contributed by atoms with E-state index in [1.165, 1.54) is 0 Å². The van der Waals surface area contributed by atoms with E-state index in [4.69, 9.17) is 33.0 Å². The van der Waals surface area contributed by atoms with Gasteiger partial charge in [-0.15, -0.1) is 0 Å². The first-order valence-electron chi connectivity index (χ1n) is 10.1. The predicted molar refractivity (Wildman–Crippen MR) is 120 cm³/mol. The normalized spacial score (nSPS) is 23.7. The summed E-state index contributed by atoms with van der Waals surface area (Å²) in [6.45, 7) is 1.55. The molecule has 0 amide bonds. The van der Waals surface area contributed by atoms with Crippen LogP contribution < -0.4 is 5.32 Å². The van der Waals surface area contributed by atoms with Gasteiger partial charge in [-0.3, -0.25) is 4.98 Å². The van der Waals surface area contributed by atoms with Crippen LogP contribution in [0.5, 0.6) is 0 Å². The number of pyridine rings is 1. The highest BCUT2D eigenvalue weighted by Gasteiger charge is 2.42. The first kappa shape index (κ1) is 19.5. The van der Waals surface area contributed by atoms with Crippen molar-refractivity contribution < 1.29 is 9.15 Å². The second kappa shape index (κ2) is 8.38. The number of nitrogens with one attached hydrogen (secondary N) is 1. The third-order valence-corrected chi connectivity index (χ3v) is 6.27. The molecule has 1 N–H and O–H groups in total. The Labute approximate surface area is 186 Å². The quantitative estimate of drug-likeness (QED) is 0.555. The Kier molecular flexibility index (Phi) is 5.46. The van der Waals surface area contributed by atoms with Crippen LogP contribution in [-0.2, 0) is 4.74 Å². The molecule has 5 rings (SSSR count). The van der Waals surface area contributed by atoms with Gasteiger partial charge in [-0.2, -0.15) is 0 Å². The molecule has 0 radical (unpaired) electrons. The molecule has 2 saturated heterocycles. The second-order valence-corrected chi connectivity index (χ2v) is 8.45. The highest BCUT2D eigenvalue weighted by atomic mass is 35.5. The molecule has 4 heterocycles. The maximum Gasteiger partial charge on any atom is 0.170 e. The molecule has 2 aromatic heterocycles. The van der Waals surface area contributed by atoms with Crippen molar-refractivity contribution in [3.63, 3.8) is 0 Å². The Morgan fingerprint density at radius 2 is 2.00 bits per heavy atom. The number of halogens is 1. The van der Waals surface area contributed by atoms with E-state index in [-0.39, 0.29) is 18.2 Å². The minimum atomic E-state index is -0.0994. The van der Waals surface area contributed by atoms with Crippen LogP contribution in [0.15, 0.2) is 65.2 Å². The van der Waals surface area contributed by atoms with E-state index in [1.807, 2.05) is 54.6 Å². The lowest BCUT2D eigenvalue weighted by Gasteiger charge is -2.28. The molecule has 3 aromatic rings. The molecule has 154 valence electrons. The van der Waals surface area contributed by atoms with Crippen LogP contribution in [0.3, 0.4) is 0 Å². The molecular formula is C23H22ClN3O2S. The van der Waals surface area contributed by atoms with Crippen molar-refractivity contribution in [2.45, 2.75) is 31.0 Å². The van der Waals surface area contributed by atoms with Crippen LogP contribution in [0, 0.1) is 0 Å². The molecule has 0 unspecified atom stereocenters. The molecule has 2 aliphatic heterocycles. The Balaban J connectivity index is 1.50. The molecule has 3 atom stereocenters. The maximum absolute atomic E-state index is 6.34. The Morgan fingerprint density at radius 3 is 2.73 bits per heavy atom. The molecule has 0 saturated carbocycles. The number of rotatable bonds is 5. The van der Waals surface area contributed by atoms with Crippen LogP contribution in [0.2, 0.25) is 5.02 Å². The van der Waals surface area contributed by atoms with Gasteiger partial charge in [0.25, 0.3) is 0 Å². The fraction of sp³-hybridized carbons (Fsp3) is 0.304. The summed E-state index contributed by atoms with van der Waals surface area (Å²) < 4.78 is 12.2. The van der Waals surface area contributed by atoms with Gasteiger partial charge in [0.2, 0.25) is 0 Å². The summed E-state index contributed by atoms with van der Waals surface area (Å²) in [4.78, 5) is 6.77. The topological polar surface area (TPSA) is 50.5 Å². The summed E-state index contributed by atoms with van der Waals surface area (Å²) >= 11 is 11.8. The van der Waals surface area contributed by atoms with E-state index in [9.17, 15) is 0 Å². The first-order valence-corrected chi connectivity index (χ1v) is 10.9. The average Bonchev–Trinajstić information content (AvgIpc) is 3.51. The molecule has 0 spiro atoms. The van der Waals surface area contributed by atoms with Crippen molar-refractivity contribution in [1.29, 1.82) is 0 Å².